The molecule has 0 saturated heterocycles. The van der Waals surface area contributed by atoms with Crippen LogP contribution in [0.25, 0.3) is 0 Å². The summed E-state index contributed by atoms with van der Waals surface area (Å²) in [6, 6.07) is 6.67. The summed E-state index contributed by atoms with van der Waals surface area (Å²) in [5, 5.41) is 29.1. The van der Waals surface area contributed by atoms with Gasteiger partial charge in [0.15, 0.2) is 0 Å². The minimum absolute atomic E-state index is 0.364. The maximum atomic E-state index is 10.2. The van der Waals surface area contributed by atoms with Crippen LogP contribution in [0.5, 0.6) is 5.75 Å². The van der Waals surface area contributed by atoms with Gasteiger partial charge in [0.25, 0.3) is 0 Å². The summed E-state index contributed by atoms with van der Waals surface area (Å²) >= 11 is 0. The first-order chi connectivity index (χ1) is 9.10. The summed E-state index contributed by atoms with van der Waals surface area (Å²) in [5.74, 6) is 0.461. The Balaban J connectivity index is 3.04. The van der Waals surface area contributed by atoms with Gasteiger partial charge in [-0.3, -0.25) is 0 Å². The van der Waals surface area contributed by atoms with Crippen LogP contribution in [0.2, 0.25) is 0 Å². The average Bonchev–Trinajstić information content (AvgIpc) is 2.36. The third-order valence-electron chi connectivity index (χ3n) is 3.46. The second-order valence-electron chi connectivity index (χ2n) is 5.65. The molecule has 20 heavy (non-hydrogen) atoms. The Hall–Kier alpha value is -1.55. The van der Waals surface area contributed by atoms with Crippen LogP contribution < -0.4 is 10.2 Å². The molecule has 0 bridgehead atoms. The van der Waals surface area contributed by atoms with E-state index < -0.39 is 18.3 Å². The van der Waals surface area contributed by atoms with E-state index in [-0.39, 0.29) is 0 Å². The molecule has 6 heteroatoms. The van der Waals surface area contributed by atoms with Crippen LogP contribution in [0.3, 0.4) is 0 Å². The zero-order valence-corrected chi connectivity index (χ0v) is 12.5. The number of aliphatic hydroxyl groups is 1. The molecule has 0 radical (unpaired) electrons. The lowest BCUT2D eigenvalue weighted by Gasteiger charge is -2.38. The number of nitrogens with zero attached hydrogens (tertiary/aromatic N) is 1. The van der Waals surface area contributed by atoms with E-state index in [0.29, 0.717) is 16.8 Å². The molecule has 0 fully saturated rings. The van der Waals surface area contributed by atoms with E-state index in [9.17, 15) is 10.1 Å². The van der Waals surface area contributed by atoms with E-state index in [1.807, 2.05) is 6.07 Å². The average molecular weight is 277 g/mol. The van der Waals surface area contributed by atoms with Crippen molar-refractivity contribution < 1.29 is 19.5 Å². The minimum atomic E-state index is -1.27. The third-order valence-corrected chi connectivity index (χ3v) is 3.46. The Bertz CT molecular complexity index is 517. The molecule has 0 atom stereocenters. The molecule has 2 N–H and O–H groups in total. The summed E-state index contributed by atoms with van der Waals surface area (Å²) in [4.78, 5) is 0. The van der Waals surface area contributed by atoms with Gasteiger partial charge in [-0.25, -0.2) is 0 Å². The first-order valence-electron chi connectivity index (χ1n) is 6.28. The second-order valence-corrected chi connectivity index (χ2v) is 5.65. The first kappa shape index (κ1) is 16.5. The summed E-state index contributed by atoms with van der Waals surface area (Å²) in [7, 11) is 0.215. The van der Waals surface area contributed by atoms with Crippen LogP contribution in [-0.2, 0) is 4.65 Å². The fourth-order valence-electron chi connectivity index (χ4n) is 1.44. The SMILES string of the molecule is COc1cc(C#N)cc(B(O)OC(C)(C)C(C)(C)O)c1. The number of benzene rings is 1. The van der Waals surface area contributed by atoms with Crippen molar-refractivity contribution in [2.24, 2.45) is 0 Å². The Morgan fingerprint density at radius 1 is 1.20 bits per heavy atom. The van der Waals surface area contributed by atoms with Gasteiger partial charge in [-0.2, -0.15) is 5.26 Å². The molecule has 1 aromatic carbocycles. The lowest BCUT2D eigenvalue weighted by Crippen LogP contribution is -2.53. The van der Waals surface area contributed by atoms with Crippen LogP contribution in [0, 0.1) is 11.3 Å². The van der Waals surface area contributed by atoms with Gasteiger partial charge in [0.2, 0.25) is 0 Å². The quantitative estimate of drug-likeness (QED) is 0.779. The summed E-state index contributed by atoms with van der Waals surface area (Å²) in [6.45, 7) is 6.57. The maximum absolute atomic E-state index is 10.2. The largest absolute Gasteiger partial charge is 0.497 e. The Morgan fingerprint density at radius 2 is 1.80 bits per heavy atom. The molecule has 0 unspecified atom stereocenters. The predicted octanol–water partition coefficient (Wildman–Crippen LogP) is 0.820. The van der Waals surface area contributed by atoms with Crippen molar-refractivity contribution >= 4 is 12.6 Å². The van der Waals surface area contributed by atoms with Crippen molar-refractivity contribution in [1.29, 1.82) is 5.26 Å². The van der Waals surface area contributed by atoms with Crippen LogP contribution in [0.1, 0.15) is 33.3 Å². The lowest BCUT2D eigenvalue weighted by molar-refractivity contribution is -0.0982. The maximum Gasteiger partial charge on any atom is 0.491 e. The molecule has 0 saturated carbocycles. The minimum Gasteiger partial charge on any atom is -0.497 e. The number of methoxy groups -OCH3 is 1. The van der Waals surface area contributed by atoms with Gasteiger partial charge in [0.1, 0.15) is 5.75 Å². The highest BCUT2D eigenvalue weighted by molar-refractivity contribution is 6.60. The van der Waals surface area contributed by atoms with E-state index in [1.165, 1.54) is 13.2 Å². The zero-order chi connectivity index (χ0) is 15.6. The van der Waals surface area contributed by atoms with E-state index in [4.69, 9.17) is 14.7 Å². The van der Waals surface area contributed by atoms with Gasteiger partial charge in [-0.15, -0.1) is 0 Å². The van der Waals surface area contributed by atoms with Crippen LogP contribution in [0.15, 0.2) is 18.2 Å². The fraction of sp³-hybridized carbons (Fsp3) is 0.500. The Kier molecular flexibility index (Phi) is 4.82. The fourth-order valence-corrected chi connectivity index (χ4v) is 1.44. The zero-order valence-electron chi connectivity index (χ0n) is 12.5. The molecule has 0 aromatic heterocycles. The van der Waals surface area contributed by atoms with Crippen molar-refractivity contribution in [2.75, 3.05) is 7.11 Å². The molecule has 0 spiro atoms. The van der Waals surface area contributed by atoms with Gasteiger partial charge in [0.05, 0.1) is 29.9 Å². The third kappa shape index (κ3) is 3.73. The molecular weight excluding hydrogens is 257 g/mol. The first-order valence-corrected chi connectivity index (χ1v) is 6.28. The number of rotatable bonds is 5. The smallest absolute Gasteiger partial charge is 0.491 e. The van der Waals surface area contributed by atoms with Gasteiger partial charge in [-0.1, -0.05) is 0 Å². The number of nitriles is 1. The molecule has 5 nitrogen and oxygen atoms in total. The van der Waals surface area contributed by atoms with Crippen molar-refractivity contribution in [3.05, 3.63) is 23.8 Å². The van der Waals surface area contributed by atoms with Crippen LogP contribution >= 0.6 is 0 Å². The van der Waals surface area contributed by atoms with Gasteiger partial charge in [-0.05, 0) is 51.4 Å². The van der Waals surface area contributed by atoms with Gasteiger partial charge in [0, 0.05) is 0 Å². The Labute approximate surface area is 119 Å². The highest BCUT2D eigenvalue weighted by Crippen LogP contribution is 2.25. The van der Waals surface area contributed by atoms with Gasteiger partial charge < -0.3 is 19.5 Å². The molecule has 0 heterocycles. The lowest BCUT2D eigenvalue weighted by atomic mass is 9.76. The van der Waals surface area contributed by atoms with Crippen molar-refractivity contribution in [1.82, 2.24) is 0 Å². The van der Waals surface area contributed by atoms with Crippen molar-refractivity contribution in [3.63, 3.8) is 0 Å². The Morgan fingerprint density at radius 3 is 2.25 bits per heavy atom. The van der Waals surface area contributed by atoms with E-state index >= 15 is 0 Å². The van der Waals surface area contributed by atoms with E-state index in [0.717, 1.165) is 0 Å². The molecule has 108 valence electrons. The summed E-state index contributed by atoms with van der Waals surface area (Å²) in [5.41, 5.74) is -1.34. The molecular formula is C14H20BNO4. The second kappa shape index (κ2) is 5.84. The normalized spacial score (nSPS) is 11.9. The highest BCUT2D eigenvalue weighted by Gasteiger charge is 2.39. The monoisotopic (exact) mass is 277 g/mol. The predicted molar refractivity (Wildman–Crippen MR) is 76.8 cm³/mol. The van der Waals surface area contributed by atoms with Crippen LogP contribution in [0.4, 0.5) is 0 Å². The molecule has 0 aliphatic heterocycles. The summed E-state index contributed by atoms with van der Waals surface area (Å²) < 4.78 is 10.6. The molecule has 0 amide bonds. The number of hydrogen-bond donors (Lipinski definition) is 2. The van der Waals surface area contributed by atoms with E-state index in [1.54, 1.807) is 39.8 Å². The van der Waals surface area contributed by atoms with Crippen molar-refractivity contribution in [2.45, 2.75) is 38.9 Å². The van der Waals surface area contributed by atoms with Crippen LogP contribution in [-0.4, -0.2) is 35.6 Å². The van der Waals surface area contributed by atoms with Crippen molar-refractivity contribution in [3.8, 4) is 11.8 Å². The number of ether oxygens (including phenoxy) is 1. The molecule has 0 aliphatic carbocycles. The molecule has 0 aliphatic rings. The standard InChI is InChI=1S/C14H20BNO4/c1-13(2,17)14(3,4)20-15(18)11-6-10(9-16)7-12(8-11)19-5/h6-8,17-18H,1-5H3. The molecule has 1 aromatic rings. The molecule has 1 rings (SSSR count). The van der Waals surface area contributed by atoms with E-state index in [2.05, 4.69) is 0 Å². The topological polar surface area (TPSA) is 82.7 Å². The summed E-state index contributed by atoms with van der Waals surface area (Å²) in [6.07, 6.45) is 0. The highest BCUT2D eigenvalue weighted by atomic mass is 16.5. The number of hydrogen-bond acceptors (Lipinski definition) is 5. The van der Waals surface area contributed by atoms with Gasteiger partial charge >= 0.3 is 7.12 Å².